The first-order chi connectivity index (χ1) is 8.22. The molecule has 0 unspecified atom stereocenters. The summed E-state index contributed by atoms with van der Waals surface area (Å²) >= 11 is 0. The van der Waals surface area contributed by atoms with Gasteiger partial charge in [-0.25, -0.2) is 0 Å². The number of piperidine rings is 1. The Kier molecular flexibility index (Phi) is 7.32. The van der Waals surface area contributed by atoms with E-state index in [1.807, 2.05) is 0 Å². The molecule has 0 spiro atoms. The van der Waals surface area contributed by atoms with Gasteiger partial charge in [0, 0.05) is 18.9 Å². The molecule has 0 saturated carbocycles. The Balaban J connectivity index is 2.09. The van der Waals surface area contributed by atoms with E-state index in [9.17, 15) is 0 Å². The molecule has 1 rings (SSSR count). The van der Waals surface area contributed by atoms with Gasteiger partial charge in [-0.3, -0.25) is 0 Å². The van der Waals surface area contributed by atoms with Crippen molar-refractivity contribution in [3.63, 3.8) is 0 Å². The quantitative estimate of drug-likeness (QED) is 0.737. The van der Waals surface area contributed by atoms with Crippen molar-refractivity contribution < 1.29 is 0 Å². The normalized spacial score (nSPS) is 18.1. The standard InChI is InChI=1S/C15H28N2/c1-4-16-13-15-8-11-17(12-9-15)10-6-5-7-14(2)3/h14-16H,4,6,8-13H2,1-3H3. The Labute approximate surface area is 107 Å². The van der Waals surface area contributed by atoms with E-state index in [0.29, 0.717) is 5.92 Å². The summed E-state index contributed by atoms with van der Waals surface area (Å²) in [4.78, 5) is 2.57. The maximum atomic E-state index is 3.46. The monoisotopic (exact) mass is 236 g/mol. The first-order valence-electron chi connectivity index (χ1n) is 7.13. The number of hydrogen-bond acceptors (Lipinski definition) is 2. The van der Waals surface area contributed by atoms with Crippen molar-refractivity contribution >= 4 is 0 Å². The summed E-state index contributed by atoms with van der Waals surface area (Å²) in [5, 5.41) is 3.46. The lowest BCUT2D eigenvalue weighted by atomic mass is 9.96. The summed E-state index contributed by atoms with van der Waals surface area (Å²) in [6, 6.07) is 0. The molecule has 1 N–H and O–H groups in total. The number of likely N-dealkylation sites (tertiary alicyclic amines) is 1. The van der Waals surface area contributed by atoms with Gasteiger partial charge in [0.25, 0.3) is 0 Å². The van der Waals surface area contributed by atoms with Crippen molar-refractivity contribution in [2.75, 3.05) is 32.7 Å². The minimum atomic E-state index is 0.515. The predicted molar refractivity (Wildman–Crippen MR) is 74.9 cm³/mol. The topological polar surface area (TPSA) is 15.3 Å². The highest BCUT2D eigenvalue weighted by Crippen LogP contribution is 2.16. The molecular formula is C15H28N2. The maximum Gasteiger partial charge on any atom is 0.0217 e. The third-order valence-corrected chi connectivity index (χ3v) is 3.33. The van der Waals surface area contributed by atoms with Crippen LogP contribution in [0.15, 0.2) is 0 Å². The zero-order valence-corrected chi connectivity index (χ0v) is 11.8. The average molecular weight is 236 g/mol. The van der Waals surface area contributed by atoms with E-state index < -0.39 is 0 Å². The first-order valence-corrected chi connectivity index (χ1v) is 7.13. The van der Waals surface area contributed by atoms with Crippen LogP contribution in [0.25, 0.3) is 0 Å². The molecule has 0 aromatic rings. The van der Waals surface area contributed by atoms with Gasteiger partial charge in [-0.05, 0) is 44.9 Å². The molecule has 98 valence electrons. The highest BCUT2D eigenvalue weighted by molar-refractivity contribution is 5.01. The Morgan fingerprint density at radius 2 is 2.00 bits per heavy atom. The fourth-order valence-electron chi connectivity index (χ4n) is 2.25. The molecule has 1 fully saturated rings. The summed E-state index contributed by atoms with van der Waals surface area (Å²) in [5.74, 6) is 7.92. The second-order valence-corrected chi connectivity index (χ2v) is 5.32. The Morgan fingerprint density at radius 3 is 2.59 bits per heavy atom. The van der Waals surface area contributed by atoms with E-state index in [2.05, 4.69) is 42.8 Å². The lowest BCUT2D eigenvalue weighted by Gasteiger charge is -2.31. The summed E-state index contributed by atoms with van der Waals surface area (Å²) in [7, 11) is 0. The van der Waals surface area contributed by atoms with Crippen molar-refractivity contribution in [1.82, 2.24) is 10.2 Å². The van der Waals surface area contributed by atoms with Crippen molar-refractivity contribution in [1.29, 1.82) is 0 Å². The van der Waals surface area contributed by atoms with Crippen LogP contribution in [0.4, 0.5) is 0 Å². The van der Waals surface area contributed by atoms with Gasteiger partial charge in [-0.15, -0.1) is 11.8 Å². The van der Waals surface area contributed by atoms with Crippen LogP contribution in [0.2, 0.25) is 0 Å². The average Bonchev–Trinajstić information content (AvgIpc) is 2.33. The van der Waals surface area contributed by atoms with Crippen molar-refractivity contribution in [3.8, 4) is 11.8 Å². The van der Waals surface area contributed by atoms with Crippen LogP contribution in [0.3, 0.4) is 0 Å². The molecule has 1 aliphatic heterocycles. The van der Waals surface area contributed by atoms with Crippen LogP contribution in [0.1, 0.15) is 40.0 Å². The molecule has 0 amide bonds. The second-order valence-electron chi connectivity index (χ2n) is 5.32. The van der Waals surface area contributed by atoms with E-state index in [4.69, 9.17) is 0 Å². The van der Waals surface area contributed by atoms with Gasteiger partial charge in [0.05, 0.1) is 0 Å². The van der Waals surface area contributed by atoms with Gasteiger partial charge >= 0.3 is 0 Å². The van der Waals surface area contributed by atoms with Crippen LogP contribution in [-0.4, -0.2) is 37.6 Å². The molecule has 0 bridgehead atoms. The number of rotatable bonds is 5. The molecular weight excluding hydrogens is 208 g/mol. The highest BCUT2D eigenvalue weighted by atomic mass is 15.1. The van der Waals surface area contributed by atoms with Gasteiger partial charge in [0.15, 0.2) is 0 Å². The lowest BCUT2D eigenvalue weighted by Crippen LogP contribution is -2.37. The van der Waals surface area contributed by atoms with E-state index in [-0.39, 0.29) is 0 Å². The lowest BCUT2D eigenvalue weighted by molar-refractivity contribution is 0.186. The minimum Gasteiger partial charge on any atom is -0.317 e. The molecule has 1 saturated heterocycles. The Morgan fingerprint density at radius 1 is 1.29 bits per heavy atom. The van der Waals surface area contributed by atoms with Crippen LogP contribution in [0.5, 0.6) is 0 Å². The van der Waals surface area contributed by atoms with Crippen molar-refractivity contribution in [2.24, 2.45) is 11.8 Å². The van der Waals surface area contributed by atoms with E-state index in [1.165, 1.54) is 32.5 Å². The summed E-state index contributed by atoms with van der Waals surface area (Å²) in [6.07, 6.45) is 3.74. The van der Waals surface area contributed by atoms with E-state index in [1.54, 1.807) is 0 Å². The van der Waals surface area contributed by atoms with Crippen LogP contribution in [0, 0.1) is 23.7 Å². The predicted octanol–water partition coefficient (Wildman–Crippen LogP) is 2.36. The van der Waals surface area contributed by atoms with Crippen LogP contribution in [-0.2, 0) is 0 Å². The van der Waals surface area contributed by atoms with Gasteiger partial charge in [-0.2, -0.15) is 0 Å². The number of nitrogens with zero attached hydrogens (tertiary/aromatic N) is 1. The molecule has 0 aromatic carbocycles. The number of hydrogen-bond donors (Lipinski definition) is 1. The Hall–Kier alpha value is -0.520. The summed E-state index contributed by atoms with van der Waals surface area (Å²) in [6.45, 7) is 12.5. The summed E-state index contributed by atoms with van der Waals surface area (Å²) in [5.41, 5.74) is 0. The van der Waals surface area contributed by atoms with Gasteiger partial charge in [0.2, 0.25) is 0 Å². The molecule has 0 atom stereocenters. The van der Waals surface area contributed by atoms with Crippen LogP contribution >= 0.6 is 0 Å². The fourth-order valence-corrected chi connectivity index (χ4v) is 2.25. The van der Waals surface area contributed by atoms with Crippen LogP contribution < -0.4 is 5.32 Å². The largest absolute Gasteiger partial charge is 0.317 e. The molecule has 2 heteroatoms. The first kappa shape index (κ1) is 14.5. The van der Waals surface area contributed by atoms with E-state index in [0.717, 1.165) is 25.4 Å². The zero-order valence-electron chi connectivity index (χ0n) is 11.8. The van der Waals surface area contributed by atoms with Crippen molar-refractivity contribution in [3.05, 3.63) is 0 Å². The van der Waals surface area contributed by atoms with Gasteiger partial charge in [0.1, 0.15) is 0 Å². The number of nitrogens with one attached hydrogen (secondary N) is 1. The molecule has 2 nitrogen and oxygen atoms in total. The summed E-state index contributed by atoms with van der Waals surface area (Å²) < 4.78 is 0. The molecule has 1 aliphatic rings. The third kappa shape index (κ3) is 6.71. The highest BCUT2D eigenvalue weighted by Gasteiger charge is 2.17. The van der Waals surface area contributed by atoms with Crippen molar-refractivity contribution in [2.45, 2.75) is 40.0 Å². The maximum absolute atomic E-state index is 3.46. The molecule has 0 aromatic heterocycles. The minimum absolute atomic E-state index is 0.515. The second kappa shape index (κ2) is 8.55. The zero-order chi connectivity index (χ0) is 12.5. The molecule has 0 aliphatic carbocycles. The molecule has 0 radical (unpaired) electrons. The van der Waals surface area contributed by atoms with E-state index >= 15 is 0 Å². The fraction of sp³-hybridized carbons (Fsp3) is 0.867. The van der Waals surface area contributed by atoms with Gasteiger partial charge in [-0.1, -0.05) is 20.8 Å². The third-order valence-electron chi connectivity index (χ3n) is 3.33. The van der Waals surface area contributed by atoms with Gasteiger partial charge < -0.3 is 10.2 Å². The molecule has 1 heterocycles. The Bertz CT molecular complexity index is 241. The molecule has 17 heavy (non-hydrogen) atoms. The smallest absolute Gasteiger partial charge is 0.0217 e. The SMILES string of the molecule is CCNCC1CCN(CCC#CC(C)C)CC1.